The lowest BCUT2D eigenvalue weighted by molar-refractivity contribution is -0.136. The van der Waals surface area contributed by atoms with Gasteiger partial charge >= 0.3 is 0 Å². The lowest BCUT2D eigenvalue weighted by atomic mass is 9.85. The van der Waals surface area contributed by atoms with E-state index in [4.69, 9.17) is 0 Å². The van der Waals surface area contributed by atoms with Crippen LogP contribution in [-0.4, -0.2) is 37.9 Å². The minimum atomic E-state index is -0.195. The fourth-order valence-corrected chi connectivity index (χ4v) is 5.25. The number of rotatable bonds is 4. The summed E-state index contributed by atoms with van der Waals surface area (Å²) >= 11 is 0. The molecule has 2 aliphatic heterocycles. The monoisotopic (exact) mass is 392 g/mol. The van der Waals surface area contributed by atoms with Gasteiger partial charge in [0, 0.05) is 18.5 Å². The van der Waals surface area contributed by atoms with Gasteiger partial charge in [-0.3, -0.25) is 4.79 Å². The number of aromatic nitrogens is 3. The van der Waals surface area contributed by atoms with E-state index in [2.05, 4.69) is 15.2 Å². The van der Waals surface area contributed by atoms with Crippen LogP contribution in [-0.2, 0) is 4.79 Å². The van der Waals surface area contributed by atoms with Gasteiger partial charge in [0.05, 0.1) is 11.6 Å². The number of benzene rings is 2. The second-order valence-corrected chi connectivity index (χ2v) is 8.48. The lowest BCUT2D eigenvalue weighted by Crippen LogP contribution is -2.46. The molecule has 0 radical (unpaired) electrons. The van der Waals surface area contributed by atoms with Crippen molar-refractivity contribution in [2.75, 3.05) is 0 Å². The van der Waals surface area contributed by atoms with Gasteiger partial charge in [-0.1, -0.05) is 29.5 Å². The van der Waals surface area contributed by atoms with E-state index >= 15 is 0 Å². The summed E-state index contributed by atoms with van der Waals surface area (Å²) < 4.78 is 15.1. The van der Waals surface area contributed by atoms with Crippen molar-refractivity contribution in [3.8, 4) is 0 Å². The normalized spacial score (nSPS) is 24.8. The molecule has 0 aliphatic carbocycles. The highest BCUT2D eigenvalue weighted by Gasteiger charge is 2.43. The molecule has 0 N–H and O–H groups in total. The Morgan fingerprint density at radius 1 is 1.10 bits per heavy atom. The Bertz CT molecular complexity index is 1020. The van der Waals surface area contributed by atoms with Crippen molar-refractivity contribution in [2.24, 2.45) is 0 Å². The molecule has 5 nitrogen and oxygen atoms in total. The molecule has 1 aromatic heterocycles. The Labute approximate surface area is 169 Å². The smallest absolute Gasteiger partial charge is 0.225 e. The number of para-hydroxylation sites is 1. The van der Waals surface area contributed by atoms with E-state index in [1.54, 1.807) is 12.1 Å². The number of carbonyl (C=O) groups excluding carboxylic acids is 1. The van der Waals surface area contributed by atoms with E-state index in [9.17, 15) is 9.18 Å². The fourth-order valence-electron chi connectivity index (χ4n) is 5.25. The van der Waals surface area contributed by atoms with Crippen LogP contribution in [0.1, 0.15) is 56.6 Å². The fraction of sp³-hybridized carbons (Fsp3) is 0.435. The number of amides is 1. The summed E-state index contributed by atoms with van der Waals surface area (Å²) in [6, 6.07) is 15.3. The number of nitrogens with zero attached hydrogens (tertiary/aromatic N) is 4. The summed E-state index contributed by atoms with van der Waals surface area (Å²) in [5.74, 6) is 0.426. The molecule has 5 rings (SSSR count). The number of halogens is 1. The Morgan fingerprint density at radius 3 is 2.52 bits per heavy atom. The number of fused-ring (bicyclic) bond motifs is 3. The predicted octanol–water partition coefficient (Wildman–Crippen LogP) is 4.46. The molecule has 2 aromatic carbocycles. The van der Waals surface area contributed by atoms with Crippen LogP contribution in [0.25, 0.3) is 11.0 Å². The van der Waals surface area contributed by atoms with Crippen LogP contribution < -0.4 is 0 Å². The topological polar surface area (TPSA) is 51.0 Å². The zero-order chi connectivity index (χ0) is 20.0. The molecule has 2 aliphatic rings. The van der Waals surface area contributed by atoms with Crippen LogP contribution in [0.15, 0.2) is 48.5 Å². The van der Waals surface area contributed by atoms with E-state index in [0.29, 0.717) is 12.3 Å². The van der Waals surface area contributed by atoms with Crippen molar-refractivity contribution in [1.82, 2.24) is 19.9 Å². The standard InChI is InChI=1S/C23H25FN4O/c1-15(28-22-5-3-2-4-21(22)25-26-28)12-23(29)27-19-10-11-20(27)14-17(13-19)16-6-8-18(24)9-7-16/h2-9,15,17,19-20H,10-14H2,1H3/t15-,19-,20-/m1/s1. The quantitative estimate of drug-likeness (QED) is 0.659. The van der Waals surface area contributed by atoms with E-state index in [1.165, 1.54) is 5.56 Å². The number of carbonyl (C=O) groups is 1. The van der Waals surface area contributed by atoms with Crippen LogP contribution in [0.4, 0.5) is 4.39 Å². The van der Waals surface area contributed by atoms with E-state index < -0.39 is 0 Å². The average molecular weight is 392 g/mol. The highest BCUT2D eigenvalue weighted by molar-refractivity contribution is 5.79. The van der Waals surface area contributed by atoms with Crippen LogP contribution >= 0.6 is 0 Å². The number of piperidine rings is 1. The molecule has 0 unspecified atom stereocenters. The first-order valence-corrected chi connectivity index (χ1v) is 10.5. The minimum Gasteiger partial charge on any atom is -0.337 e. The van der Waals surface area contributed by atoms with Crippen molar-refractivity contribution >= 4 is 16.9 Å². The predicted molar refractivity (Wildman–Crippen MR) is 109 cm³/mol. The molecule has 3 heterocycles. The molecular weight excluding hydrogens is 367 g/mol. The SMILES string of the molecule is C[C@H](CC(=O)N1[C@@H]2CC[C@@H]1CC(c1ccc(F)cc1)C2)n1nnc2ccccc21. The maximum atomic E-state index is 13.3. The molecule has 2 fully saturated rings. The molecule has 0 saturated carbocycles. The molecule has 0 spiro atoms. The average Bonchev–Trinajstić information content (AvgIpc) is 3.27. The summed E-state index contributed by atoms with van der Waals surface area (Å²) in [6.45, 7) is 2.03. The second-order valence-electron chi connectivity index (χ2n) is 8.48. The summed E-state index contributed by atoms with van der Waals surface area (Å²) in [5.41, 5.74) is 3.01. The first-order valence-electron chi connectivity index (χ1n) is 10.5. The largest absolute Gasteiger partial charge is 0.337 e. The third-order valence-corrected chi connectivity index (χ3v) is 6.63. The van der Waals surface area contributed by atoms with Crippen molar-refractivity contribution in [1.29, 1.82) is 0 Å². The molecule has 2 bridgehead atoms. The lowest BCUT2D eigenvalue weighted by Gasteiger charge is -2.39. The van der Waals surface area contributed by atoms with Gasteiger partial charge in [0.2, 0.25) is 5.91 Å². The Balaban J connectivity index is 1.29. The van der Waals surface area contributed by atoms with Crippen LogP contribution in [0.3, 0.4) is 0 Å². The van der Waals surface area contributed by atoms with Crippen LogP contribution in [0, 0.1) is 5.82 Å². The Kier molecular flexibility index (Phi) is 4.57. The summed E-state index contributed by atoms with van der Waals surface area (Å²) in [7, 11) is 0. The molecule has 150 valence electrons. The maximum Gasteiger partial charge on any atom is 0.225 e. The molecule has 6 heteroatoms. The van der Waals surface area contributed by atoms with Gasteiger partial charge in [0.1, 0.15) is 11.3 Å². The van der Waals surface area contributed by atoms with Gasteiger partial charge in [-0.05, 0) is 68.4 Å². The molecule has 2 saturated heterocycles. The molecule has 1 amide bonds. The van der Waals surface area contributed by atoms with Gasteiger partial charge < -0.3 is 4.90 Å². The molecular formula is C23H25FN4O. The maximum absolute atomic E-state index is 13.3. The van der Waals surface area contributed by atoms with E-state index in [1.807, 2.05) is 48.0 Å². The molecule has 29 heavy (non-hydrogen) atoms. The summed E-state index contributed by atoms with van der Waals surface area (Å²) in [4.78, 5) is 15.3. The van der Waals surface area contributed by atoms with Crippen LogP contribution in [0.2, 0.25) is 0 Å². The van der Waals surface area contributed by atoms with Crippen molar-refractivity contribution in [2.45, 2.75) is 63.1 Å². The highest BCUT2D eigenvalue weighted by atomic mass is 19.1. The molecule has 3 atom stereocenters. The minimum absolute atomic E-state index is 0.0378. The van der Waals surface area contributed by atoms with Gasteiger partial charge in [-0.15, -0.1) is 5.10 Å². The van der Waals surface area contributed by atoms with Gasteiger partial charge in [-0.2, -0.15) is 0 Å². The highest BCUT2D eigenvalue weighted by Crippen LogP contribution is 2.43. The van der Waals surface area contributed by atoms with Crippen molar-refractivity contribution in [3.05, 3.63) is 59.9 Å². The Hall–Kier alpha value is -2.76. The Morgan fingerprint density at radius 2 is 1.79 bits per heavy atom. The van der Waals surface area contributed by atoms with Crippen molar-refractivity contribution < 1.29 is 9.18 Å². The van der Waals surface area contributed by atoms with Crippen LogP contribution in [0.5, 0.6) is 0 Å². The third-order valence-electron chi connectivity index (χ3n) is 6.63. The van der Waals surface area contributed by atoms with Gasteiger partial charge in [0.25, 0.3) is 0 Å². The molecule has 3 aromatic rings. The number of hydrogen-bond acceptors (Lipinski definition) is 3. The third kappa shape index (κ3) is 3.30. The van der Waals surface area contributed by atoms with Gasteiger partial charge in [-0.25, -0.2) is 9.07 Å². The second kappa shape index (κ2) is 7.25. The van der Waals surface area contributed by atoms with Crippen molar-refractivity contribution in [3.63, 3.8) is 0 Å². The van der Waals surface area contributed by atoms with E-state index in [-0.39, 0.29) is 29.8 Å². The zero-order valence-corrected chi connectivity index (χ0v) is 16.5. The zero-order valence-electron chi connectivity index (χ0n) is 16.5. The summed E-state index contributed by atoms with van der Waals surface area (Å²) in [6.07, 6.45) is 4.49. The first kappa shape index (κ1) is 18.3. The number of hydrogen-bond donors (Lipinski definition) is 0. The van der Waals surface area contributed by atoms with E-state index in [0.717, 1.165) is 36.7 Å². The first-order chi connectivity index (χ1) is 14.1. The summed E-state index contributed by atoms with van der Waals surface area (Å²) in [5, 5.41) is 8.48. The van der Waals surface area contributed by atoms with Gasteiger partial charge in [0.15, 0.2) is 0 Å².